The standard InChI is InChI=1S/C13H12F4N6O3S2/c1-6(28(24,25)22-7-3-19-23(5-7)13(16)17)2-9-18-4-8(27-9)11-20-21-12(26-11)10(14)15/h3-6,10,13,22H,2H2,1H3. The molecule has 9 nitrogen and oxygen atoms in total. The van der Waals surface area contributed by atoms with E-state index in [0.29, 0.717) is 14.6 Å². The normalized spacial score (nSPS) is 13.4. The minimum atomic E-state index is -3.92. The van der Waals surface area contributed by atoms with Crippen LogP contribution in [-0.4, -0.2) is 38.6 Å². The molecule has 1 N–H and O–H groups in total. The van der Waals surface area contributed by atoms with E-state index in [1.54, 1.807) is 0 Å². The van der Waals surface area contributed by atoms with Crippen molar-refractivity contribution in [2.24, 2.45) is 0 Å². The van der Waals surface area contributed by atoms with Crippen LogP contribution in [0.2, 0.25) is 0 Å². The van der Waals surface area contributed by atoms with E-state index in [1.807, 2.05) is 0 Å². The molecule has 1 atom stereocenters. The highest BCUT2D eigenvalue weighted by Gasteiger charge is 2.24. The number of aromatic nitrogens is 5. The number of alkyl halides is 4. The Kier molecular flexibility index (Phi) is 5.64. The molecule has 152 valence electrons. The number of hydrogen-bond acceptors (Lipinski definition) is 8. The van der Waals surface area contributed by atoms with Gasteiger partial charge in [-0.1, -0.05) is 0 Å². The predicted octanol–water partition coefficient (Wildman–Crippen LogP) is 3.10. The zero-order valence-electron chi connectivity index (χ0n) is 14.0. The maximum atomic E-state index is 12.5. The van der Waals surface area contributed by atoms with Gasteiger partial charge in [-0.2, -0.15) is 22.7 Å². The van der Waals surface area contributed by atoms with E-state index in [0.717, 1.165) is 23.7 Å². The lowest BCUT2D eigenvalue weighted by atomic mass is 10.3. The number of nitrogens with one attached hydrogen (secondary N) is 1. The van der Waals surface area contributed by atoms with E-state index in [9.17, 15) is 26.0 Å². The number of halogens is 4. The van der Waals surface area contributed by atoms with Crippen LogP contribution < -0.4 is 4.72 Å². The summed E-state index contributed by atoms with van der Waals surface area (Å²) in [7, 11) is -3.92. The summed E-state index contributed by atoms with van der Waals surface area (Å²) >= 11 is 1.01. The molecule has 1 unspecified atom stereocenters. The molecule has 0 bridgehead atoms. The van der Waals surface area contributed by atoms with Crippen molar-refractivity contribution in [3.05, 3.63) is 29.5 Å². The molecule has 0 aliphatic rings. The Bertz CT molecular complexity index is 1050. The minimum Gasteiger partial charge on any atom is -0.414 e. The van der Waals surface area contributed by atoms with Crippen molar-refractivity contribution in [1.82, 2.24) is 25.0 Å². The van der Waals surface area contributed by atoms with Gasteiger partial charge < -0.3 is 4.42 Å². The fraction of sp³-hybridized carbons (Fsp3) is 0.385. The molecule has 28 heavy (non-hydrogen) atoms. The molecular weight excluding hydrogens is 428 g/mol. The monoisotopic (exact) mass is 440 g/mol. The second kappa shape index (κ2) is 7.83. The van der Waals surface area contributed by atoms with Crippen molar-refractivity contribution in [3.63, 3.8) is 0 Å². The average Bonchev–Trinajstić information content (AvgIpc) is 3.34. The Morgan fingerprint density at radius 2 is 2.00 bits per heavy atom. The number of hydrogen-bond donors (Lipinski definition) is 1. The van der Waals surface area contributed by atoms with Gasteiger partial charge in [0.2, 0.25) is 10.0 Å². The van der Waals surface area contributed by atoms with Crippen LogP contribution in [0.15, 0.2) is 23.0 Å². The molecule has 0 saturated heterocycles. The molecule has 3 rings (SSSR count). The molecule has 0 saturated carbocycles. The summed E-state index contributed by atoms with van der Waals surface area (Å²) in [5.74, 6) is -0.971. The van der Waals surface area contributed by atoms with Crippen molar-refractivity contribution < 1.29 is 30.4 Å². The van der Waals surface area contributed by atoms with Crippen LogP contribution in [0.5, 0.6) is 0 Å². The highest BCUT2D eigenvalue weighted by atomic mass is 32.2. The van der Waals surface area contributed by atoms with Crippen LogP contribution in [0.25, 0.3) is 10.8 Å². The van der Waals surface area contributed by atoms with Crippen molar-refractivity contribution >= 4 is 27.0 Å². The first-order chi connectivity index (χ1) is 13.2. The summed E-state index contributed by atoms with van der Waals surface area (Å²) in [6.07, 6.45) is 0.223. The molecular formula is C13H12F4N6O3S2. The molecule has 0 aromatic carbocycles. The Labute approximate surface area is 159 Å². The third-order valence-corrected chi connectivity index (χ3v) is 6.20. The van der Waals surface area contributed by atoms with E-state index in [4.69, 9.17) is 4.42 Å². The lowest BCUT2D eigenvalue weighted by molar-refractivity contribution is 0.0566. The topological polar surface area (TPSA) is 116 Å². The number of rotatable bonds is 8. The number of sulfonamides is 1. The zero-order valence-corrected chi connectivity index (χ0v) is 15.6. The van der Waals surface area contributed by atoms with Crippen LogP contribution in [0.3, 0.4) is 0 Å². The maximum absolute atomic E-state index is 12.5. The van der Waals surface area contributed by atoms with Crippen molar-refractivity contribution in [2.75, 3.05) is 4.72 Å². The maximum Gasteiger partial charge on any atom is 0.333 e. The third-order valence-electron chi connectivity index (χ3n) is 3.45. The quantitative estimate of drug-likeness (QED) is 0.535. The van der Waals surface area contributed by atoms with Crippen molar-refractivity contribution in [1.29, 1.82) is 0 Å². The first-order valence-electron chi connectivity index (χ1n) is 7.56. The first kappa shape index (κ1) is 20.2. The molecule has 3 aromatic heterocycles. The highest BCUT2D eigenvalue weighted by Crippen LogP contribution is 2.28. The van der Waals surface area contributed by atoms with Crippen molar-refractivity contribution in [3.8, 4) is 10.8 Å². The highest BCUT2D eigenvalue weighted by molar-refractivity contribution is 7.93. The molecule has 0 aliphatic heterocycles. The minimum absolute atomic E-state index is 0.0151. The second-order valence-electron chi connectivity index (χ2n) is 5.51. The lowest BCUT2D eigenvalue weighted by Crippen LogP contribution is -2.27. The van der Waals surface area contributed by atoms with E-state index in [2.05, 4.69) is 25.0 Å². The molecule has 15 heteroatoms. The molecule has 0 aliphatic carbocycles. The molecule has 3 heterocycles. The van der Waals surface area contributed by atoms with E-state index in [-0.39, 0.29) is 18.0 Å². The van der Waals surface area contributed by atoms with Crippen LogP contribution in [-0.2, 0) is 16.4 Å². The van der Waals surface area contributed by atoms with Gasteiger partial charge in [0.1, 0.15) is 4.88 Å². The Hall–Kier alpha value is -2.55. The third kappa shape index (κ3) is 4.46. The smallest absolute Gasteiger partial charge is 0.333 e. The molecule has 0 fully saturated rings. The molecule has 0 amide bonds. The summed E-state index contributed by atoms with van der Waals surface area (Å²) in [5.41, 5.74) is -0.0997. The molecule has 3 aromatic rings. The fourth-order valence-corrected chi connectivity index (χ4v) is 4.13. The van der Waals surface area contributed by atoms with Gasteiger partial charge in [-0.05, 0) is 6.92 Å². The van der Waals surface area contributed by atoms with Gasteiger partial charge >= 0.3 is 13.0 Å². The zero-order chi connectivity index (χ0) is 20.5. The van der Waals surface area contributed by atoms with Gasteiger partial charge in [0.25, 0.3) is 11.8 Å². The van der Waals surface area contributed by atoms with E-state index < -0.39 is 34.1 Å². The summed E-state index contributed by atoms with van der Waals surface area (Å²) in [6.45, 7) is -1.48. The Morgan fingerprint density at radius 3 is 2.61 bits per heavy atom. The summed E-state index contributed by atoms with van der Waals surface area (Å²) in [4.78, 5) is 4.34. The second-order valence-corrected chi connectivity index (χ2v) is 8.73. The van der Waals surface area contributed by atoms with Gasteiger partial charge in [0, 0.05) is 6.42 Å². The first-order valence-corrected chi connectivity index (χ1v) is 9.92. The van der Waals surface area contributed by atoms with Crippen LogP contribution in [0.4, 0.5) is 23.2 Å². The fourth-order valence-electron chi connectivity index (χ4n) is 2.04. The summed E-state index contributed by atoms with van der Waals surface area (Å²) in [6, 6.07) is 0. The molecule has 0 radical (unpaired) electrons. The van der Waals surface area contributed by atoms with Gasteiger partial charge in [-0.15, -0.1) is 21.5 Å². The van der Waals surface area contributed by atoms with Crippen molar-refractivity contribution in [2.45, 2.75) is 31.6 Å². The average molecular weight is 440 g/mol. The Morgan fingerprint density at radius 1 is 1.25 bits per heavy atom. The van der Waals surface area contributed by atoms with Gasteiger partial charge in [-0.3, -0.25) is 4.72 Å². The largest absolute Gasteiger partial charge is 0.414 e. The van der Waals surface area contributed by atoms with Gasteiger partial charge in [0.15, 0.2) is 0 Å². The summed E-state index contributed by atoms with van der Waals surface area (Å²) in [5, 5.41) is 9.46. The van der Waals surface area contributed by atoms with Crippen LogP contribution in [0.1, 0.15) is 30.8 Å². The van der Waals surface area contributed by atoms with E-state index >= 15 is 0 Å². The van der Waals surface area contributed by atoms with Crippen LogP contribution in [0, 0.1) is 0 Å². The van der Waals surface area contributed by atoms with Gasteiger partial charge in [-0.25, -0.2) is 18.1 Å². The lowest BCUT2D eigenvalue weighted by Gasteiger charge is -2.12. The van der Waals surface area contributed by atoms with Gasteiger partial charge in [0.05, 0.1) is 34.5 Å². The summed E-state index contributed by atoms with van der Waals surface area (Å²) < 4.78 is 82.0. The SMILES string of the molecule is CC(Cc1ncc(-c2nnc(C(F)F)o2)s1)S(=O)(=O)Nc1cnn(C(F)F)c1. The van der Waals surface area contributed by atoms with E-state index in [1.165, 1.54) is 13.1 Å². The number of nitrogens with zero attached hydrogens (tertiary/aromatic N) is 5. The molecule has 0 spiro atoms. The predicted molar refractivity (Wildman–Crippen MR) is 89.6 cm³/mol. The number of thiazole rings is 1. The Balaban J connectivity index is 1.67. The van der Waals surface area contributed by atoms with Crippen LogP contribution >= 0.6 is 11.3 Å². The number of anilines is 1.